The first-order chi connectivity index (χ1) is 18.8. The summed E-state index contributed by atoms with van der Waals surface area (Å²) >= 11 is 11.6. The van der Waals surface area contributed by atoms with Crippen LogP contribution in [0.2, 0.25) is 5.02 Å². The first kappa shape index (κ1) is 26.2. The Bertz CT molecular complexity index is 1490. The number of amides is 1. The number of hydrogen-bond donors (Lipinski definition) is 3. The van der Waals surface area contributed by atoms with Gasteiger partial charge < -0.3 is 25.4 Å². The molecule has 2 atom stereocenters. The van der Waals surface area contributed by atoms with Crippen LogP contribution in [0.3, 0.4) is 0 Å². The number of ether oxygens (including phenoxy) is 2. The highest BCUT2D eigenvalue weighted by molar-refractivity contribution is 7.80. The number of carbonyl (C=O) groups excluding carboxylic acids is 3. The van der Waals surface area contributed by atoms with Crippen LogP contribution in [0.25, 0.3) is 0 Å². The molecule has 9 nitrogen and oxygen atoms in total. The third-order valence-electron chi connectivity index (χ3n) is 6.48. The lowest BCUT2D eigenvalue weighted by Crippen LogP contribution is -2.58. The summed E-state index contributed by atoms with van der Waals surface area (Å²) in [5.74, 6) is -0.739. The van der Waals surface area contributed by atoms with Gasteiger partial charge >= 0.3 is 11.9 Å². The van der Waals surface area contributed by atoms with Crippen LogP contribution in [-0.4, -0.2) is 37.2 Å². The molecule has 2 aliphatic heterocycles. The number of methoxy groups -OCH3 is 2. The van der Waals surface area contributed by atoms with Gasteiger partial charge in [-0.05, 0) is 71.9 Å². The summed E-state index contributed by atoms with van der Waals surface area (Å²) in [4.78, 5) is 39.8. The lowest BCUT2D eigenvalue weighted by molar-refractivity contribution is -0.116. The molecule has 0 saturated heterocycles. The maximum absolute atomic E-state index is 14.3. The molecule has 3 aromatic carbocycles. The summed E-state index contributed by atoms with van der Waals surface area (Å²) in [7, 11) is 2.64. The monoisotopic (exact) mass is 562 g/mol. The molecule has 11 heteroatoms. The smallest absolute Gasteiger partial charge is 0.337 e. The van der Waals surface area contributed by atoms with E-state index in [1.54, 1.807) is 77.7 Å². The molecule has 0 aromatic heterocycles. The van der Waals surface area contributed by atoms with E-state index in [0.29, 0.717) is 38.3 Å². The van der Waals surface area contributed by atoms with Gasteiger partial charge in [0, 0.05) is 10.7 Å². The van der Waals surface area contributed by atoms with E-state index in [2.05, 4.69) is 16.0 Å². The predicted molar refractivity (Wildman–Crippen MR) is 149 cm³/mol. The molecule has 0 spiro atoms. The van der Waals surface area contributed by atoms with Crippen LogP contribution in [0.1, 0.15) is 44.1 Å². The molecule has 5 rings (SSSR count). The van der Waals surface area contributed by atoms with Gasteiger partial charge in [0.05, 0.1) is 37.0 Å². The predicted octanol–water partition coefficient (Wildman–Crippen LogP) is 3.98. The number of nitrogens with one attached hydrogen (secondary N) is 3. The van der Waals surface area contributed by atoms with Gasteiger partial charge in [-0.25, -0.2) is 9.59 Å². The fraction of sp³-hybridized carbons (Fsp3) is 0.143. The number of carbonyl (C=O) groups is 3. The molecule has 0 fully saturated rings. The summed E-state index contributed by atoms with van der Waals surface area (Å²) in [6.45, 7) is 0. The molecular weight excluding hydrogens is 540 g/mol. The van der Waals surface area contributed by atoms with Gasteiger partial charge in [-0.2, -0.15) is 0 Å². The lowest BCUT2D eigenvalue weighted by atomic mass is 9.92. The zero-order valence-corrected chi connectivity index (χ0v) is 22.4. The van der Waals surface area contributed by atoms with Crippen molar-refractivity contribution >= 4 is 52.5 Å². The number of esters is 2. The van der Waals surface area contributed by atoms with E-state index >= 15 is 0 Å². The number of rotatable bonds is 5. The molecule has 2 aliphatic rings. The van der Waals surface area contributed by atoms with E-state index in [1.807, 2.05) is 0 Å². The molecule has 3 aromatic rings. The van der Waals surface area contributed by atoms with Gasteiger partial charge in [-0.1, -0.05) is 35.9 Å². The van der Waals surface area contributed by atoms with Gasteiger partial charge in [0.15, 0.2) is 5.11 Å². The average molecular weight is 563 g/mol. The van der Waals surface area contributed by atoms with Gasteiger partial charge in [0.25, 0.3) is 5.91 Å². The van der Waals surface area contributed by atoms with Crippen molar-refractivity contribution in [3.8, 4) is 0 Å². The van der Waals surface area contributed by atoms with Crippen LogP contribution >= 0.6 is 23.8 Å². The summed E-state index contributed by atoms with van der Waals surface area (Å²) in [5, 5.41) is 10.5. The van der Waals surface area contributed by atoms with Crippen molar-refractivity contribution in [1.29, 1.82) is 0 Å². The second kappa shape index (κ2) is 10.8. The zero-order valence-electron chi connectivity index (χ0n) is 20.9. The van der Waals surface area contributed by atoms with Crippen LogP contribution in [-0.2, 0) is 14.3 Å². The Hall–Kier alpha value is -4.41. The topological polar surface area (TPSA) is 109 Å². The van der Waals surface area contributed by atoms with Crippen LogP contribution in [0, 0.1) is 0 Å². The molecular formula is C28H23ClN4O5S. The number of benzene rings is 3. The quantitative estimate of drug-likeness (QED) is 0.314. The zero-order chi connectivity index (χ0) is 27.7. The van der Waals surface area contributed by atoms with Crippen molar-refractivity contribution in [1.82, 2.24) is 16.0 Å². The molecule has 0 radical (unpaired) electrons. The minimum Gasteiger partial charge on any atom is -0.465 e. The molecule has 2 unspecified atom stereocenters. The molecule has 1 amide bonds. The standard InChI is InChI=1S/C28H23ClN4O5S/c1-37-26(35)17-7-3-15(4-8-17)22-21-23(32-28(39)30-22)31-24(16-5-9-18(10-6-16)27(36)38-2)33(25(21)34)20-13-11-19(29)12-14-20/h3-14,22,24,31H,1-2H3,(H2,30,32,39). The minimum atomic E-state index is -0.639. The van der Waals surface area contributed by atoms with Gasteiger partial charge in [-0.3, -0.25) is 9.69 Å². The number of nitrogens with zero attached hydrogens (tertiary/aromatic N) is 1. The first-order valence-electron chi connectivity index (χ1n) is 11.8. The third kappa shape index (κ3) is 5.04. The van der Waals surface area contributed by atoms with Crippen molar-refractivity contribution in [2.75, 3.05) is 19.1 Å². The Kier molecular flexibility index (Phi) is 7.23. The second-order valence-electron chi connectivity index (χ2n) is 8.75. The van der Waals surface area contributed by atoms with Crippen LogP contribution in [0.4, 0.5) is 5.69 Å². The van der Waals surface area contributed by atoms with Crippen LogP contribution in [0.5, 0.6) is 0 Å². The lowest BCUT2D eigenvalue weighted by Gasteiger charge is -2.43. The van der Waals surface area contributed by atoms with Crippen molar-refractivity contribution in [2.24, 2.45) is 0 Å². The molecule has 198 valence electrons. The Morgan fingerprint density at radius 3 is 1.90 bits per heavy atom. The Morgan fingerprint density at radius 2 is 1.36 bits per heavy atom. The number of thiocarbonyl (C=S) groups is 1. The third-order valence-corrected chi connectivity index (χ3v) is 6.95. The Labute approximate surface area is 234 Å². The minimum absolute atomic E-state index is 0.280. The maximum Gasteiger partial charge on any atom is 0.337 e. The normalized spacial score (nSPS) is 18.4. The largest absolute Gasteiger partial charge is 0.465 e. The molecule has 0 aliphatic carbocycles. The second-order valence-corrected chi connectivity index (χ2v) is 9.59. The Balaban J connectivity index is 1.59. The van der Waals surface area contributed by atoms with E-state index in [1.165, 1.54) is 14.2 Å². The molecule has 39 heavy (non-hydrogen) atoms. The number of halogens is 1. The van der Waals surface area contributed by atoms with E-state index in [9.17, 15) is 14.4 Å². The summed E-state index contributed by atoms with van der Waals surface area (Å²) in [6, 6.07) is 19.9. The summed E-state index contributed by atoms with van der Waals surface area (Å²) < 4.78 is 9.60. The van der Waals surface area contributed by atoms with Crippen LogP contribution in [0.15, 0.2) is 84.2 Å². The summed E-state index contributed by atoms with van der Waals surface area (Å²) in [6.07, 6.45) is -0.639. The number of anilines is 1. The SMILES string of the molecule is COC(=O)c1ccc(C2NC(=S)NC3=C2C(=O)N(c2ccc(Cl)cc2)C(c2ccc(C(=O)OC)cc2)N3)cc1. The molecule has 3 N–H and O–H groups in total. The molecule has 2 heterocycles. The van der Waals surface area contributed by atoms with Crippen molar-refractivity contribution in [3.05, 3.63) is 111 Å². The number of hydrogen-bond acceptors (Lipinski definition) is 7. The van der Waals surface area contributed by atoms with Crippen LogP contribution < -0.4 is 20.9 Å². The first-order valence-corrected chi connectivity index (χ1v) is 12.6. The molecule has 0 saturated carbocycles. The highest BCUT2D eigenvalue weighted by Crippen LogP contribution is 2.38. The molecule has 0 bridgehead atoms. The van der Waals surface area contributed by atoms with E-state index in [-0.39, 0.29) is 5.91 Å². The average Bonchev–Trinajstić information content (AvgIpc) is 2.96. The van der Waals surface area contributed by atoms with E-state index in [0.717, 1.165) is 11.1 Å². The van der Waals surface area contributed by atoms with Crippen molar-refractivity contribution in [2.45, 2.75) is 12.2 Å². The van der Waals surface area contributed by atoms with E-state index < -0.39 is 24.1 Å². The van der Waals surface area contributed by atoms with Crippen molar-refractivity contribution in [3.63, 3.8) is 0 Å². The summed E-state index contributed by atoms with van der Waals surface area (Å²) in [5.41, 5.74) is 3.25. The highest BCUT2D eigenvalue weighted by atomic mass is 35.5. The van der Waals surface area contributed by atoms with E-state index in [4.69, 9.17) is 33.3 Å². The fourth-order valence-electron chi connectivity index (χ4n) is 4.56. The van der Waals surface area contributed by atoms with Gasteiger partial charge in [-0.15, -0.1) is 0 Å². The maximum atomic E-state index is 14.3. The van der Waals surface area contributed by atoms with Crippen molar-refractivity contribution < 1.29 is 23.9 Å². The fourth-order valence-corrected chi connectivity index (χ4v) is 4.90. The highest BCUT2D eigenvalue weighted by Gasteiger charge is 2.42. The Morgan fingerprint density at radius 1 is 0.821 bits per heavy atom. The van der Waals surface area contributed by atoms with Gasteiger partial charge in [0.1, 0.15) is 12.0 Å². The van der Waals surface area contributed by atoms with Gasteiger partial charge in [0.2, 0.25) is 0 Å².